The van der Waals surface area contributed by atoms with Gasteiger partial charge in [0.15, 0.2) is 0 Å². The van der Waals surface area contributed by atoms with Crippen LogP contribution < -0.4 is 10.4 Å². The lowest BCUT2D eigenvalue weighted by molar-refractivity contribution is 0.240. The summed E-state index contributed by atoms with van der Waals surface area (Å²) >= 11 is 0. The van der Waals surface area contributed by atoms with E-state index in [0.29, 0.717) is 0 Å². The Balaban J connectivity index is 2.03. The van der Waals surface area contributed by atoms with E-state index < -0.39 is 0 Å². The Kier molecular flexibility index (Phi) is 3.77. The van der Waals surface area contributed by atoms with Crippen LogP contribution in [0, 0.1) is 0 Å². The summed E-state index contributed by atoms with van der Waals surface area (Å²) in [5.74, 6) is 0. The van der Waals surface area contributed by atoms with Crippen LogP contribution >= 0.6 is 0 Å². The third kappa shape index (κ3) is 2.73. The van der Waals surface area contributed by atoms with E-state index in [-0.39, 0.29) is 0 Å². The first kappa shape index (κ1) is 11.0. The average molecular weight is 219 g/mol. The van der Waals surface area contributed by atoms with Gasteiger partial charge in [-0.25, -0.2) is 4.99 Å². The second-order valence-corrected chi connectivity index (χ2v) is 3.95. The maximum Gasteiger partial charge on any atom is 0.113 e. The fourth-order valence-corrected chi connectivity index (χ4v) is 2.01. The second-order valence-electron chi connectivity index (χ2n) is 3.95. The summed E-state index contributed by atoms with van der Waals surface area (Å²) in [6.45, 7) is 2.31. The molecule has 0 aromatic heterocycles. The van der Waals surface area contributed by atoms with Crippen molar-refractivity contribution >= 4 is 17.7 Å². The zero-order valence-corrected chi connectivity index (χ0v) is 9.26. The molecule has 2 N–H and O–H groups in total. The number of nitrogens with zero attached hydrogens (tertiary/aromatic N) is 2. The summed E-state index contributed by atoms with van der Waals surface area (Å²) in [5.41, 5.74) is 3.99. The maximum absolute atomic E-state index is 8.38. The second kappa shape index (κ2) is 5.51. The number of hydroxylamine groups is 1. The number of benzene rings is 1. The minimum atomic E-state index is 0.835. The molecule has 0 bridgehead atoms. The van der Waals surface area contributed by atoms with Crippen LogP contribution in [0.15, 0.2) is 29.3 Å². The molecule has 4 heteroatoms. The van der Waals surface area contributed by atoms with Gasteiger partial charge in [-0.2, -0.15) is 0 Å². The Morgan fingerprint density at radius 2 is 1.81 bits per heavy atom. The lowest BCUT2D eigenvalue weighted by Gasteiger charge is -2.28. The van der Waals surface area contributed by atoms with Crippen LogP contribution in [0.25, 0.3) is 0 Å². The van der Waals surface area contributed by atoms with Crippen LogP contribution in [0.3, 0.4) is 0 Å². The molecule has 1 heterocycles. The van der Waals surface area contributed by atoms with E-state index in [1.165, 1.54) is 31.3 Å². The standard InChI is InChI=1S/C12H17N3O/c16-14-10-13-11-4-6-12(7-5-11)15-8-2-1-3-9-15/h4-7,10,16H,1-3,8-9H2,(H,13,14). The van der Waals surface area contributed by atoms with Crippen molar-refractivity contribution in [1.29, 1.82) is 0 Å². The van der Waals surface area contributed by atoms with Gasteiger partial charge in [0.2, 0.25) is 0 Å². The van der Waals surface area contributed by atoms with Crippen molar-refractivity contribution in [3.63, 3.8) is 0 Å². The molecular formula is C12H17N3O. The number of piperidine rings is 1. The number of anilines is 1. The number of nitrogens with one attached hydrogen (secondary N) is 1. The van der Waals surface area contributed by atoms with E-state index in [4.69, 9.17) is 5.21 Å². The highest BCUT2D eigenvalue weighted by molar-refractivity contribution is 5.61. The highest BCUT2D eigenvalue weighted by Gasteiger charge is 2.09. The Hall–Kier alpha value is -1.55. The quantitative estimate of drug-likeness (QED) is 0.466. The van der Waals surface area contributed by atoms with Crippen LogP contribution in [0.5, 0.6) is 0 Å². The van der Waals surface area contributed by atoms with Gasteiger partial charge in [0.1, 0.15) is 6.34 Å². The van der Waals surface area contributed by atoms with Crippen molar-refractivity contribution in [3.05, 3.63) is 24.3 Å². The lowest BCUT2D eigenvalue weighted by Crippen LogP contribution is -2.29. The molecule has 1 aliphatic rings. The van der Waals surface area contributed by atoms with Gasteiger partial charge >= 0.3 is 0 Å². The molecule has 0 amide bonds. The molecule has 0 aliphatic carbocycles. The molecule has 1 fully saturated rings. The number of aliphatic imine (C=N–C) groups is 1. The van der Waals surface area contributed by atoms with E-state index in [1.807, 2.05) is 17.6 Å². The van der Waals surface area contributed by atoms with Crippen molar-refractivity contribution in [2.24, 2.45) is 4.99 Å². The van der Waals surface area contributed by atoms with Gasteiger partial charge < -0.3 is 4.90 Å². The smallest absolute Gasteiger partial charge is 0.113 e. The molecule has 0 atom stereocenters. The molecule has 0 unspecified atom stereocenters. The molecule has 0 spiro atoms. The molecule has 1 aromatic rings. The Morgan fingerprint density at radius 1 is 1.12 bits per heavy atom. The van der Waals surface area contributed by atoms with Crippen molar-refractivity contribution in [2.75, 3.05) is 18.0 Å². The molecule has 4 nitrogen and oxygen atoms in total. The van der Waals surface area contributed by atoms with Crippen LogP contribution in [0.4, 0.5) is 11.4 Å². The Labute approximate surface area is 95.6 Å². The average Bonchev–Trinajstić information content (AvgIpc) is 2.38. The van der Waals surface area contributed by atoms with Gasteiger partial charge in [0.25, 0.3) is 0 Å². The van der Waals surface area contributed by atoms with Gasteiger partial charge in [-0.1, -0.05) is 0 Å². The predicted molar refractivity (Wildman–Crippen MR) is 65.6 cm³/mol. The van der Waals surface area contributed by atoms with Crippen LogP contribution in [-0.2, 0) is 0 Å². The first-order valence-corrected chi connectivity index (χ1v) is 5.67. The first-order valence-electron chi connectivity index (χ1n) is 5.67. The van der Waals surface area contributed by atoms with E-state index in [2.05, 4.69) is 22.0 Å². The van der Waals surface area contributed by atoms with E-state index >= 15 is 0 Å². The molecule has 1 aromatic carbocycles. The summed E-state index contributed by atoms with van der Waals surface area (Å²) < 4.78 is 0. The summed E-state index contributed by atoms with van der Waals surface area (Å²) in [6.07, 6.45) is 5.18. The molecule has 1 saturated heterocycles. The van der Waals surface area contributed by atoms with Gasteiger partial charge in [-0.15, -0.1) is 0 Å². The monoisotopic (exact) mass is 219 g/mol. The largest absolute Gasteiger partial charge is 0.372 e. The molecule has 0 radical (unpaired) electrons. The van der Waals surface area contributed by atoms with Crippen molar-refractivity contribution in [3.8, 4) is 0 Å². The third-order valence-corrected chi connectivity index (χ3v) is 2.84. The van der Waals surface area contributed by atoms with Gasteiger partial charge in [0, 0.05) is 18.8 Å². The molecule has 1 aliphatic heterocycles. The van der Waals surface area contributed by atoms with E-state index in [9.17, 15) is 0 Å². The van der Waals surface area contributed by atoms with E-state index in [1.54, 1.807) is 0 Å². The zero-order valence-electron chi connectivity index (χ0n) is 9.26. The molecule has 2 rings (SSSR count). The fraction of sp³-hybridized carbons (Fsp3) is 0.417. The normalized spacial score (nSPS) is 16.7. The molecule has 0 saturated carbocycles. The molecule has 86 valence electrons. The summed E-state index contributed by atoms with van der Waals surface area (Å²) in [4.78, 5) is 6.41. The fourth-order valence-electron chi connectivity index (χ4n) is 2.01. The summed E-state index contributed by atoms with van der Waals surface area (Å²) in [7, 11) is 0. The maximum atomic E-state index is 8.38. The van der Waals surface area contributed by atoms with Crippen LogP contribution in [0.2, 0.25) is 0 Å². The SMILES string of the molecule is ONC=Nc1ccc(N2CCCCC2)cc1. The number of rotatable bonds is 3. The third-order valence-electron chi connectivity index (χ3n) is 2.84. The molecular weight excluding hydrogens is 202 g/mol. The minimum absolute atomic E-state index is 0.835. The first-order chi connectivity index (χ1) is 7.90. The summed E-state index contributed by atoms with van der Waals surface area (Å²) in [6, 6.07) is 8.07. The highest BCUT2D eigenvalue weighted by Crippen LogP contribution is 2.22. The zero-order chi connectivity index (χ0) is 11.2. The van der Waals surface area contributed by atoms with Crippen molar-refractivity contribution < 1.29 is 5.21 Å². The van der Waals surface area contributed by atoms with Gasteiger partial charge in [0.05, 0.1) is 5.69 Å². The topological polar surface area (TPSA) is 47.9 Å². The number of hydrogen-bond donors (Lipinski definition) is 2. The van der Waals surface area contributed by atoms with Gasteiger partial charge in [-0.05, 0) is 43.5 Å². The lowest BCUT2D eigenvalue weighted by atomic mass is 10.1. The van der Waals surface area contributed by atoms with E-state index in [0.717, 1.165) is 18.8 Å². The molecule has 16 heavy (non-hydrogen) atoms. The minimum Gasteiger partial charge on any atom is -0.372 e. The van der Waals surface area contributed by atoms with Crippen LogP contribution in [-0.4, -0.2) is 24.6 Å². The van der Waals surface area contributed by atoms with Gasteiger partial charge in [-0.3, -0.25) is 10.7 Å². The Bertz CT molecular complexity index is 342. The van der Waals surface area contributed by atoms with Crippen LogP contribution in [0.1, 0.15) is 19.3 Å². The summed E-state index contributed by atoms with van der Waals surface area (Å²) in [5, 5.41) is 8.38. The van der Waals surface area contributed by atoms with Crippen molar-refractivity contribution in [2.45, 2.75) is 19.3 Å². The number of hydrogen-bond acceptors (Lipinski definition) is 3. The van der Waals surface area contributed by atoms with Crippen molar-refractivity contribution in [1.82, 2.24) is 5.48 Å². The highest BCUT2D eigenvalue weighted by atomic mass is 16.5. The Morgan fingerprint density at radius 3 is 2.44 bits per heavy atom. The predicted octanol–water partition coefficient (Wildman–Crippen LogP) is 2.32.